The zero-order valence-corrected chi connectivity index (χ0v) is 17.3. The molecule has 2 aliphatic rings. The third kappa shape index (κ3) is 5.11. The second-order valence-corrected chi connectivity index (χ2v) is 8.19. The topological polar surface area (TPSA) is 47.6 Å². The highest BCUT2D eigenvalue weighted by molar-refractivity contribution is 5.94. The number of fused-ring (bicyclic) bond motifs is 1. The number of ether oxygens (including phenoxy) is 2. The van der Waals surface area contributed by atoms with Gasteiger partial charge in [0.05, 0.1) is 6.10 Å². The first-order valence-electron chi connectivity index (χ1n) is 11.1. The molecule has 4 rings (SSSR count). The number of hydrogen-bond donors (Lipinski definition) is 1. The van der Waals surface area contributed by atoms with Crippen LogP contribution in [0.1, 0.15) is 63.0 Å². The highest BCUT2D eigenvalue weighted by Gasteiger charge is 2.20. The Kier molecular flexibility index (Phi) is 6.38. The molecule has 2 aliphatic carbocycles. The van der Waals surface area contributed by atoms with E-state index in [9.17, 15) is 4.79 Å². The molecule has 0 heterocycles. The van der Waals surface area contributed by atoms with Crippen molar-refractivity contribution in [3.8, 4) is 11.5 Å². The van der Waals surface area contributed by atoms with Crippen LogP contribution in [0, 0.1) is 0 Å². The minimum absolute atomic E-state index is 0.116. The SMILES string of the molecule is CCC(Oc1ccc2c(c1)CCCC2)C(=O)Nc1ccc(OC2CCCC2)cc1. The number of rotatable bonds is 7. The van der Waals surface area contributed by atoms with Gasteiger partial charge in [-0.2, -0.15) is 0 Å². The minimum Gasteiger partial charge on any atom is -0.490 e. The first-order chi connectivity index (χ1) is 14.2. The summed E-state index contributed by atoms with van der Waals surface area (Å²) in [5.41, 5.74) is 3.55. The molecule has 0 aromatic heterocycles. The first-order valence-corrected chi connectivity index (χ1v) is 11.1. The number of carbonyl (C=O) groups is 1. The quantitative estimate of drug-likeness (QED) is 0.658. The Labute approximate surface area is 173 Å². The van der Waals surface area contributed by atoms with Crippen LogP contribution >= 0.6 is 0 Å². The van der Waals surface area contributed by atoms with E-state index in [0.29, 0.717) is 12.5 Å². The maximum absolute atomic E-state index is 12.7. The maximum atomic E-state index is 12.7. The van der Waals surface area contributed by atoms with E-state index >= 15 is 0 Å². The molecule has 0 saturated heterocycles. The fourth-order valence-electron chi connectivity index (χ4n) is 4.31. The molecule has 2 aromatic rings. The Morgan fingerprint density at radius 3 is 2.38 bits per heavy atom. The highest BCUT2D eigenvalue weighted by atomic mass is 16.5. The monoisotopic (exact) mass is 393 g/mol. The molecule has 4 nitrogen and oxygen atoms in total. The van der Waals surface area contributed by atoms with Crippen molar-refractivity contribution in [2.45, 2.75) is 76.9 Å². The summed E-state index contributed by atoms with van der Waals surface area (Å²) in [5.74, 6) is 1.54. The molecule has 0 spiro atoms. The summed E-state index contributed by atoms with van der Waals surface area (Å²) in [6, 6.07) is 13.9. The predicted molar refractivity (Wildman–Crippen MR) is 116 cm³/mol. The molecule has 0 radical (unpaired) electrons. The summed E-state index contributed by atoms with van der Waals surface area (Å²) >= 11 is 0. The van der Waals surface area contributed by atoms with E-state index in [1.54, 1.807) is 0 Å². The van der Waals surface area contributed by atoms with Crippen molar-refractivity contribution in [2.75, 3.05) is 5.32 Å². The molecule has 154 valence electrons. The van der Waals surface area contributed by atoms with Gasteiger partial charge in [-0.25, -0.2) is 0 Å². The normalized spacial score (nSPS) is 17.4. The van der Waals surface area contributed by atoms with Crippen LogP contribution < -0.4 is 14.8 Å². The molecule has 4 heteroatoms. The van der Waals surface area contributed by atoms with Gasteiger partial charge in [0.1, 0.15) is 11.5 Å². The van der Waals surface area contributed by atoms with Gasteiger partial charge in [-0.15, -0.1) is 0 Å². The second kappa shape index (κ2) is 9.34. The minimum atomic E-state index is -0.508. The number of amides is 1. The van der Waals surface area contributed by atoms with Crippen molar-refractivity contribution in [3.63, 3.8) is 0 Å². The van der Waals surface area contributed by atoms with Crippen LogP contribution in [0.3, 0.4) is 0 Å². The fourth-order valence-corrected chi connectivity index (χ4v) is 4.31. The lowest BCUT2D eigenvalue weighted by Gasteiger charge is -2.20. The van der Waals surface area contributed by atoms with E-state index in [0.717, 1.165) is 42.9 Å². The van der Waals surface area contributed by atoms with Crippen LogP contribution in [0.25, 0.3) is 0 Å². The Hall–Kier alpha value is -2.49. The second-order valence-electron chi connectivity index (χ2n) is 8.19. The van der Waals surface area contributed by atoms with E-state index in [-0.39, 0.29) is 5.91 Å². The molecule has 1 unspecified atom stereocenters. The molecule has 1 atom stereocenters. The van der Waals surface area contributed by atoms with Crippen molar-refractivity contribution >= 4 is 11.6 Å². The molecule has 0 bridgehead atoms. The van der Waals surface area contributed by atoms with E-state index in [1.165, 1.54) is 36.8 Å². The number of carbonyl (C=O) groups excluding carboxylic acids is 1. The zero-order chi connectivity index (χ0) is 20.1. The number of hydrogen-bond acceptors (Lipinski definition) is 3. The van der Waals surface area contributed by atoms with Crippen molar-refractivity contribution in [3.05, 3.63) is 53.6 Å². The van der Waals surface area contributed by atoms with E-state index in [4.69, 9.17) is 9.47 Å². The Balaban J connectivity index is 1.34. The van der Waals surface area contributed by atoms with Gasteiger partial charge in [0.25, 0.3) is 5.91 Å². The van der Waals surface area contributed by atoms with Crippen LogP contribution in [-0.4, -0.2) is 18.1 Å². The average molecular weight is 394 g/mol. The van der Waals surface area contributed by atoms with Gasteiger partial charge in [0.15, 0.2) is 6.10 Å². The van der Waals surface area contributed by atoms with Gasteiger partial charge in [-0.1, -0.05) is 13.0 Å². The molecule has 1 saturated carbocycles. The molecule has 1 N–H and O–H groups in total. The van der Waals surface area contributed by atoms with E-state index in [1.807, 2.05) is 37.3 Å². The van der Waals surface area contributed by atoms with Gasteiger partial charge in [-0.05, 0) is 105 Å². The van der Waals surface area contributed by atoms with Crippen LogP contribution in [0.5, 0.6) is 11.5 Å². The van der Waals surface area contributed by atoms with Crippen LogP contribution in [-0.2, 0) is 17.6 Å². The van der Waals surface area contributed by atoms with Crippen LogP contribution in [0.2, 0.25) is 0 Å². The molecule has 1 amide bonds. The van der Waals surface area contributed by atoms with Crippen molar-refractivity contribution in [1.29, 1.82) is 0 Å². The standard InChI is InChI=1S/C25H31NO3/c1-2-24(29-23-14-11-18-7-3-4-8-19(18)17-23)25(27)26-20-12-15-22(16-13-20)28-21-9-5-6-10-21/h11-17,21,24H,2-10H2,1H3,(H,26,27). The maximum Gasteiger partial charge on any atom is 0.265 e. The van der Waals surface area contributed by atoms with Crippen LogP contribution in [0.4, 0.5) is 5.69 Å². The van der Waals surface area contributed by atoms with Gasteiger partial charge in [0, 0.05) is 5.69 Å². The van der Waals surface area contributed by atoms with Gasteiger partial charge >= 0.3 is 0 Å². The number of benzene rings is 2. The Morgan fingerprint density at radius 2 is 1.66 bits per heavy atom. The van der Waals surface area contributed by atoms with E-state index < -0.39 is 6.10 Å². The van der Waals surface area contributed by atoms with Gasteiger partial charge in [0.2, 0.25) is 0 Å². The van der Waals surface area contributed by atoms with Crippen LogP contribution in [0.15, 0.2) is 42.5 Å². The lowest BCUT2D eigenvalue weighted by Crippen LogP contribution is -2.32. The molecule has 0 aliphatic heterocycles. The lowest BCUT2D eigenvalue weighted by atomic mass is 9.92. The fraction of sp³-hybridized carbons (Fsp3) is 0.480. The van der Waals surface area contributed by atoms with Crippen molar-refractivity contribution < 1.29 is 14.3 Å². The zero-order valence-electron chi connectivity index (χ0n) is 17.3. The smallest absolute Gasteiger partial charge is 0.265 e. The summed E-state index contributed by atoms with van der Waals surface area (Å²) in [5, 5.41) is 2.98. The largest absolute Gasteiger partial charge is 0.490 e. The molecule has 29 heavy (non-hydrogen) atoms. The van der Waals surface area contributed by atoms with Crippen molar-refractivity contribution in [2.24, 2.45) is 0 Å². The Bertz CT molecular complexity index is 824. The third-order valence-corrected chi connectivity index (χ3v) is 5.99. The number of nitrogens with one attached hydrogen (secondary N) is 1. The Morgan fingerprint density at radius 1 is 0.966 bits per heavy atom. The summed E-state index contributed by atoms with van der Waals surface area (Å²) < 4.78 is 12.0. The van der Waals surface area contributed by atoms with Crippen molar-refractivity contribution in [1.82, 2.24) is 0 Å². The third-order valence-electron chi connectivity index (χ3n) is 5.99. The number of aryl methyl sites for hydroxylation is 2. The highest BCUT2D eigenvalue weighted by Crippen LogP contribution is 2.27. The first kappa shape index (κ1) is 19.8. The average Bonchev–Trinajstić information content (AvgIpc) is 3.26. The summed E-state index contributed by atoms with van der Waals surface area (Å²) in [6.07, 6.45) is 9.96. The lowest BCUT2D eigenvalue weighted by molar-refractivity contribution is -0.122. The number of anilines is 1. The summed E-state index contributed by atoms with van der Waals surface area (Å²) in [6.45, 7) is 1.97. The molecule has 2 aromatic carbocycles. The predicted octanol–water partition coefficient (Wildman–Crippen LogP) is 5.68. The van der Waals surface area contributed by atoms with Gasteiger partial charge < -0.3 is 14.8 Å². The summed E-state index contributed by atoms with van der Waals surface area (Å²) in [4.78, 5) is 12.7. The van der Waals surface area contributed by atoms with Gasteiger partial charge in [-0.3, -0.25) is 4.79 Å². The molecular weight excluding hydrogens is 362 g/mol. The summed E-state index contributed by atoms with van der Waals surface area (Å²) in [7, 11) is 0. The van der Waals surface area contributed by atoms with E-state index in [2.05, 4.69) is 17.4 Å². The molecular formula is C25H31NO3. The molecule has 1 fully saturated rings.